The molecule has 176 valence electrons. The normalized spacial score (nSPS) is 35.9. The molecule has 0 radical (unpaired) electrons. The van der Waals surface area contributed by atoms with Crippen molar-refractivity contribution < 1.29 is 24.9 Å². The number of allylic oxidation sites excluding steroid dienone is 2. The molecule has 2 aliphatic carbocycles. The third-order valence-corrected chi connectivity index (χ3v) is 8.62. The molecule has 0 spiro atoms. The highest BCUT2D eigenvalue weighted by atomic mass is 79.9. The molecule has 3 N–H and O–H groups in total. The Hall–Kier alpha value is -2.15. The summed E-state index contributed by atoms with van der Waals surface area (Å²) < 4.78 is 6.26. The lowest BCUT2D eigenvalue weighted by Crippen LogP contribution is -2.57. The summed E-state index contributed by atoms with van der Waals surface area (Å²) in [5.74, 6) is -0.565. The van der Waals surface area contributed by atoms with E-state index in [-0.39, 0.29) is 40.9 Å². The Kier molecular flexibility index (Phi) is 6.47. The Bertz CT molecular complexity index is 1050. The summed E-state index contributed by atoms with van der Waals surface area (Å²) >= 11 is 3.39. The molecule has 0 saturated heterocycles. The number of hydrogen-bond donors (Lipinski definition) is 3. The molecule has 6 heteroatoms. The quantitative estimate of drug-likeness (QED) is 0.367. The predicted molar refractivity (Wildman–Crippen MR) is 131 cm³/mol. The van der Waals surface area contributed by atoms with E-state index in [0.717, 1.165) is 34.9 Å². The molecule has 5 nitrogen and oxygen atoms in total. The molecule has 2 fully saturated rings. The maximum Gasteiger partial charge on any atom is 0.347 e. The number of cyclic esters (lactones) is 1. The summed E-state index contributed by atoms with van der Waals surface area (Å²) in [5, 5.41) is 31.5. The van der Waals surface area contributed by atoms with E-state index in [1.807, 2.05) is 37.3 Å². The molecule has 0 amide bonds. The van der Waals surface area contributed by atoms with E-state index in [2.05, 4.69) is 29.4 Å². The third kappa shape index (κ3) is 4.13. The Morgan fingerprint density at radius 3 is 2.61 bits per heavy atom. The predicted octanol–water partition coefficient (Wildman–Crippen LogP) is 5.46. The van der Waals surface area contributed by atoms with Crippen LogP contribution in [0.1, 0.15) is 45.1 Å². The first-order valence-electron chi connectivity index (χ1n) is 11.4. The first kappa shape index (κ1) is 24.0. The van der Waals surface area contributed by atoms with Crippen LogP contribution in [0.15, 0.2) is 70.1 Å². The summed E-state index contributed by atoms with van der Waals surface area (Å²) in [4.78, 5) is 12.5. The van der Waals surface area contributed by atoms with Crippen LogP contribution in [-0.2, 0) is 9.53 Å². The number of carbonyl (C=O) groups is 1. The van der Waals surface area contributed by atoms with Gasteiger partial charge in [0.2, 0.25) is 0 Å². The largest absolute Gasteiger partial charge is 0.504 e. The van der Waals surface area contributed by atoms with Gasteiger partial charge in [-0.15, -0.1) is 0 Å². The maximum absolute atomic E-state index is 12.5. The van der Waals surface area contributed by atoms with Crippen molar-refractivity contribution >= 4 is 28.0 Å². The van der Waals surface area contributed by atoms with Crippen LogP contribution >= 0.6 is 15.9 Å². The van der Waals surface area contributed by atoms with Crippen molar-refractivity contribution in [1.82, 2.24) is 0 Å². The van der Waals surface area contributed by atoms with Gasteiger partial charge in [-0.25, -0.2) is 4.79 Å². The second kappa shape index (κ2) is 8.90. The molecule has 0 aromatic heterocycles. The molecule has 1 aliphatic heterocycles. The van der Waals surface area contributed by atoms with Gasteiger partial charge in [0.15, 0.2) is 11.5 Å². The highest BCUT2D eigenvalue weighted by molar-refractivity contribution is 9.10. The van der Waals surface area contributed by atoms with Crippen LogP contribution < -0.4 is 0 Å². The van der Waals surface area contributed by atoms with Crippen LogP contribution in [0, 0.1) is 22.7 Å². The molecule has 2 saturated carbocycles. The fraction of sp³-hybridized carbons (Fsp3) is 0.444. The van der Waals surface area contributed by atoms with Gasteiger partial charge in [0, 0.05) is 15.8 Å². The number of ether oxygens (including phenoxy) is 1. The number of carbonyl (C=O) groups excluding carboxylic acids is 1. The van der Waals surface area contributed by atoms with Crippen molar-refractivity contribution in [2.45, 2.75) is 45.6 Å². The Morgan fingerprint density at radius 2 is 1.94 bits per heavy atom. The second-order valence-electron chi connectivity index (χ2n) is 10.0. The lowest BCUT2D eigenvalue weighted by atomic mass is 9.46. The number of halogens is 1. The maximum atomic E-state index is 12.5. The molecule has 5 atom stereocenters. The molecule has 33 heavy (non-hydrogen) atoms. The summed E-state index contributed by atoms with van der Waals surface area (Å²) in [6.45, 7) is 8.39. The number of aliphatic hydroxyl groups is 3. The zero-order valence-electron chi connectivity index (χ0n) is 19.1. The van der Waals surface area contributed by atoms with Gasteiger partial charge in [-0.1, -0.05) is 60.1 Å². The van der Waals surface area contributed by atoms with Crippen molar-refractivity contribution in [2.75, 3.05) is 6.61 Å². The number of rotatable bonds is 4. The van der Waals surface area contributed by atoms with Crippen LogP contribution in [0.3, 0.4) is 0 Å². The molecule has 0 unspecified atom stereocenters. The molecule has 3 aliphatic rings. The van der Waals surface area contributed by atoms with Crippen molar-refractivity contribution in [3.05, 3.63) is 75.7 Å². The lowest BCUT2D eigenvalue weighted by Gasteiger charge is -2.59. The minimum absolute atomic E-state index is 0.0396. The number of esters is 1. The van der Waals surface area contributed by atoms with Gasteiger partial charge in [0.25, 0.3) is 0 Å². The minimum Gasteiger partial charge on any atom is -0.504 e. The molecular weight excluding hydrogens is 484 g/mol. The zero-order valence-corrected chi connectivity index (χ0v) is 20.6. The SMILES string of the molecule is C=C1CC[C@H]2[C@](C)(CO)[C@H](O)CC[C@@]2(C)[C@@H]1/C=C/C1=C(O)C(=C/c2ccc(Br)cc2)/OC1=O. The summed E-state index contributed by atoms with van der Waals surface area (Å²) in [6, 6.07) is 7.46. The van der Waals surface area contributed by atoms with E-state index >= 15 is 0 Å². The molecule has 1 aromatic rings. The van der Waals surface area contributed by atoms with E-state index in [4.69, 9.17) is 4.74 Å². The van der Waals surface area contributed by atoms with Crippen LogP contribution in [0.25, 0.3) is 6.08 Å². The van der Waals surface area contributed by atoms with Crippen LogP contribution in [0.4, 0.5) is 0 Å². The first-order chi connectivity index (χ1) is 15.6. The molecule has 1 aromatic carbocycles. The van der Waals surface area contributed by atoms with Gasteiger partial charge in [0.05, 0.1) is 12.7 Å². The van der Waals surface area contributed by atoms with Crippen molar-refractivity contribution in [1.29, 1.82) is 0 Å². The average Bonchev–Trinajstić information content (AvgIpc) is 3.04. The number of benzene rings is 1. The smallest absolute Gasteiger partial charge is 0.347 e. The first-order valence-corrected chi connectivity index (χ1v) is 12.2. The summed E-state index contributed by atoms with van der Waals surface area (Å²) in [6.07, 6.45) is 7.74. The summed E-state index contributed by atoms with van der Waals surface area (Å²) in [7, 11) is 0. The second-order valence-corrected chi connectivity index (χ2v) is 10.9. The topological polar surface area (TPSA) is 87.0 Å². The Balaban J connectivity index is 1.64. The van der Waals surface area contributed by atoms with Crippen LogP contribution in [0.5, 0.6) is 0 Å². The molecule has 1 heterocycles. The monoisotopic (exact) mass is 514 g/mol. The van der Waals surface area contributed by atoms with Gasteiger partial charge in [-0.3, -0.25) is 0 Å². The Morgan fingerprint density at radius 1 is 1.24 bits per heavy atom. The highest BCUT2D eigenvalue weighted by Gasteiger charge is 2.57. The Labute approximate surface area is 203 Å². The minimum atomic E-state index is -0.588. The molecule has 4 rings (SSSR count). The standard InChI is InChI=1S/C27H31BrO5/c1-16-4-11-22-26(2,13-12-23(30)27(22,3)15-29)20(16)10-9-19-24(31)21(33-25(19)32)14-17-5-7-18(28)8-6-17/h5-10,14,20,22-23,29-31H,1,4,11-13,15H2,2-3H3/b10-9+,21-14-/t20-,22-,23-,26+,27+/m1/s1. The molecular formula is C27H31BrO5. The van der Waals surface area contributed by atoms with Crippen LogP contribution in [0.2, 0.25) is 0 Å². The number of fused-ring (bicyclic) bond motifs is 1. The third-order valence-electron chi connectivity index (χ3n) is 8.09. The number of hydrogen-bond acceptors (Lipinski definition) is 5. The van der Waals surface area contributed by atoms with E-state index in [1.54, 1.807) is 12.2 Å². The van der Waals surface area contributed by atoms with Gasteiger partial charge in [-0.2, -0.15) is 0 Å². The fourth-order valence-corrected chi connectivity index (χ4v) is 6.34. The number of aliphatic hydroxyl groups excluding tert-OH is 3. The van der Waals surface area contributed by atoms with Crippen molar-refractivity contribution in [3.63, 3.8) is 0 Å². The van der Waals surface area contributed by atoms with E-state index in [1.165, 1.54) is 0 Å². The van der Waals surface area contributed by atoms with E-state index in [9.17, 15) is 20.1 Å². The van der Waals surface area contributed by atoms with E-state index < -0.39 is 17.5 Å². The average molecular weight is 515 g/mol. The van der Waals surface area contributed by atoms with E-state index in [0.29, 0.717) is 6.42 Å². The zero-order chi connectivity index (χ0) is 24.0. The summed E-state index contributed by atoms with van der Waals surface area (Å²) in [5.41, 5.74) is 1.21. The van der Waals surface area contributed by atoms with Gasteiger partial charge in [0.1, 0.15) is 5.57 Å². The van der Waals surface area contributed by atoms with Gasteiger partial charge in [-0.05, 0) is 66.9 Å². The van der Waals surface area contributed by atoms with Crippen molar-refractivity contribution in [3.8, 4) is 0 Å². The molecule has 0 bridgehead atoms. The van der Waals surface area contributed by atoms with Crippen molar-refractivity contribution in [2.24, 2.45) is 22.7 Å². The lowest BCUT2D eigenvalue weighted by molar-refractivity contribution is -0.145. The van der Waals surface area contributed by atoms with Crippen LogP contribution in [-0.4, -0.2) is 34.0 Å². The fourth-order valence-electron chi connectivity index (χ4n) is 6.07. The highest BCUT2D eigenvalue weighted by Crippen LogP contribution is 2.61. The van der Waals surface area contributed by atoms with Gasteiger partial charge < -0.3 is 20.1 Å². The van der Waals surface area contributed by atoms with Gasteiger partial charge >= 0.3 is 5.97 Å².